The van der Waals surface area contributed by atoms with Crippen LogP contribution in [0.2, 0.25) is 0 Å². The Bertz CT molecular complexity index is 465. The SMILES string of the molecule is CC(C)CCC(=O)N1CCC(=O)c2ccccc21. The molecule has 18 heavy (non-hydrogen) atoms. The molecular weight excluding hydrogens is 226 g/mol. The highest BCUT2D eigenvalue weighted by Crippen LogP contribution is 2.27. The maximum atomic E-state index is 12.2. The fourth-order valence-corrected chi connectivity index (χ4v) is 2.22. The van der Waals surface area contributed by atoms with E-state index in [2.05, 4.69) is 13.8 Å². The predicted octanol–water partition coefficient (Wildman–Crippen LogP) is 3.04. The van der Waals surface area contributed by atoms with Crippen molar-refractivity contribution >= 4 is 17.4 Å². The molecule has 0 aromatic heterocycles. The second-order valence-electron chi connectivity index (χ2n) is 5.17. The first-order valence-corrected chi connectivity index (χ1v) is 6.52. The molecule has 0 saturated heterocycles. The molecule has 0 radical (unpaired) electrons. The van der Waals surface area contributed by atoms with Crippen LogP contribution >= 0.6 is 0 Å². The van der Waals surface area contributed by atoms with Crippen LogP contribution < -0.4 is 4.90 Å². The minimum atomic E-state index is 0.128. The van der Waals surface area contributed by atoms with Gasteiger partial charge in [0.05, 0.1) is 5.69 Å². The summed E-state index contributed by atoms with van der Waals surface area (Å²) in [5, 5.41) is 0. The number of ketones is 1. The molecular formula is C15H19NO2. The van der Waals surface area contributed by atoms with Crippen molar-refractivity contribution in [1.82, 2.24) is 0 Å². The molecule has 3 nitrogen and oxygen atoms in total. The first kappa shape index (κ1) is 12.8. The molecule has 0 unspecified atom stereocenters. The predicted molar refractivity (Wildman–Crippen MR) is 71.8 cm³/mol. The lowest BCUT2D eigenvalue weighted by atomic mass is 9.99. The Kier molecular flexibility index (Phi) is 3.80. The van der Waals surface area contributed by atoms with Crippen molar-refractivity contribution in [2.75, 3.05) is 11.4 Å². The van der Waals surface area contributed by atoms with E-state index in [1.807, 2.05) is 18.2 Å². The summed E-state index contributed by atoms with van der Waals surface area (Å²) in [6, 6.07) is 7.39. The lowest BCUT2D eigenvalue weighted by Crippen LogP contribution is -2.37. The van der Waals surface area contributed by atoms with Crippen LogP contribution in [0.3, 0.4) is 0 Å². The molecule has 0 spiro atoms. The molecule has 1 aromatic rings. The van der Waals surface area contributed by atoms with Gasteiger partial charge in [0.1, 0.15) is 0 Å². The first-order chi connectivity index (χ1) is 8.59. The van der Waals surface area contributed by atoms with Crippen molar-refractivity contribution in [2.24, 2.45) is 5.92 Å². The van der Waals surface area contributed by atoms with Gasteiger partial charge in [-0.1, -0.05) is 26.0 Å². The number of rotatable bonds is 3. The van der Waals surface area contributed by atoms with Gasteiger partial charge in [-0.15, -0.1) is 0 Å². The van der Waals surface area contributed by atoms with E-state index in [0.717, 1.165) is 12.1 Å². The van der Waals surface area contributed by atoms with Crippen LogP contribution in [0.5, 0.6) is 0 Å². The van der Waals surface area contributed by atoms with Crippen LogP contribution in [0.4, 0.5) is 5.69 Å². The molecule has 1 heterocycles. The zero-order valence-electron chi connectivity index (χ0n) is 11.0. The van der Waals surface area contributed by atoms with Crippen molar-refractivity contribution in [1.29, 1.82) is 0 Å². The monoisotopic (exact) mass is 245 g/mol. The highest BCUT2D eigenvalue weighted by Gasteiger charge is 2.26. The number of fused-ring (bicyclic) bond motifs is 1. The fraction of sp³-hybridized carbons (Fsp3) is 0.467. The quantitative estimate of drug-likeness (QED) is 0.820. The number of carbonyl (C=O) groups excluding carboxylic acids is 2. The molecule has 1 aliphatic rings. The van der Waals surface area contributed by atoms with Gasteiger partial charge in [0.2, 0.25) is 5.91 Å². The van der Waals surface area contributed by atoms with E-state index in [1.54, 1.807) is 11.0 Å². The Labute approximate surface area is 108 Å². The van der Waals surface area contributed by atoms with Crippen LogP contribution in [0.25, 0.3) is 0 Å². The van der Waals surface area contributed by atoms with Gasteiger partial charge < -0.3 is 4.90 Å². The minimum Gasteiger partial charge on any atom is -0.311 e. The van der Waals surface area contributed by atoms with Crippen LogP contribution in [0, 0.1) is 5.92 Å². The third-order valence-electron chi connectivity index (χ3n) is 3.29. The number of nitrogens with zero attached hydrogens (tertiary/aromatic N) is 1. The summed E-state index contributed by atoms with van der Waals surface area (Å²) >= 11 is 0. The Hall–Kier alpha value is -1.64. The summed E-state index contributed by atoms with van der Waals surface area (Å²) in [6.45, 7) is 4.74. The van der Waals surface area contributed by atoms with Crippen molar-refractivity contribution in [3.05, 3.63) is 29.8 Å². The number of hydrogen-bond acceptors (Lipinski definition) is 2. The molecule has 1 aromatic carbocycles. The molecule has 0 fully saturated rings. The van der Waals surface area contributed by atoms with Gasteiger partial charge in [0.15, 0.2) is 5.78 Å². The zero-order chi connectivity index (χ0) is 13.1. The fourth-order valence-electron chi connectivity index (χ4n) is 2.22. The number of para-hydroxylation sites is 1. The lowest BCUT2D eigenvalue weighted by molar-refractivity contribution is -0.118. The van der Waals surface area contributed by atoms with Crippen molar-refractivity contribution in [2.45, 2.75) is 33.1 Å². The largest absolute Gasteiger partial charge is 0.311 e. The molecule has 0 N–H and O–H groups in total. The number of amides is 1. The summed E-state index contributed by atoms with van der Waals surface area (Å²) in [6.07, 6.45) is 1.88. The van der Waals surface area contributed by atoms with Crippen molar-refractivity contribution in [3.8, 4) is 0 Å². The average molecular weight is 245 g/mol. The smallest absolute Gasteiger partial charge is 0.227 e. The molecule has 0 bridgehead atoms. The molecule has 96 valence electrons. The van der Waals surface area contributed by atoms with Crippen LogP contribution in [0.15, 0.2) is 24.3 Å². The standard InChI is InChI=1S/C15H19NO2/c1-11(2)7-8-15(18)16-10-9-14(17)12-5-3-4-6-13(12)16/h3-6,11H,7-10H2,1-2H3. The summed E-state index contributed by atoms with van der Waals surface area (Å²) in [5.74, 6) is 0.790. The minimum absolute atomic E-state index is 0.128. The summed E-state index contributed by atoms with van der Waals surface area (Å²) in [4.78, 5) is 25.7. The molecule has 2 rings (SSSR count). The maximum Gasteiger partial charge on any atom is 0.227 e. The van der Waals surface area contributed by atoms with E-state index < -0.39 is 0 Å². The van der Waals surface area contributed by atoms with Gasteiger partial charge in [-0.25, -0.2) is 0 Å². The number of Topliss-reactive ketones (excluding diaryl/α,β-unsaturated/α-hetero) is 1. The topological polar surface area (TPSA) is 37.4 Å². The third kappa shape index (κ3) is 2.61. The van der Waals surface area contributed by atoms with E-state index in [9.17, 15) is 9.59 Å². The van der Waals surface area contributed by atoms with Gasteiger partial charge in [0, 0.05) is 24.9 Å². The van der Waals surface area contributed by atoms with Crippen LogP contribution in [0.1, 0.15) is 43.5 Å². The van der Waals surface area contributed by atoms with Gasteiger partial charge in [-0.2, -0.15) is 0 Å². The Morgan fingerprint density at radius 1 is 1.33 bits per heavy atom. The Morgan fingerprint density at radius 2 is 2.06 bits per heavy atom. The van der Waals surface area contributed by atoms with Crippen molar-refractivity contribution < 1.29 is 9.59 Å². The highest BCUT2D eigenvalue weighted by molar-refractivity contribution is 6.08. The Balaban J connectivity index is 2.18. The molecule has 0 saturated carbocycles. The summed E-state index contributed by atoms with van der Waals surface area (Å²) in [5.41, 5.74) is 1.46. The zero-order valence-corrected chi connectivity index (χ0v) is 11.0. The molecule has 1 aliphatic heterocycles. The number of carbonyl (C=O) groups is 2. The second-order valence-corrected chi connectivity index (χ2v) is 5.17. The summed E-state index contributed by atoms with van der Waals surface area (Å²) in [7, 11) is 0. The van der Waals surface area contributed by atoms with Crippen molar-refractivity contribution in [3.63, 3.8) is 0 Å². The summed E-state index contributed by atoms with van der Waals surface area (Å²) < 4.78 is 0. The molecule has 0 aliphatic carbocycles. The number of hydrogen-bond donors (Lipinski definition) is 0. The number of benzene rings is 1. The Morgan fingerprint density at radius 3 is 2.78 bits per heavy atom. The van der Waals surface area contributed by atoms with E-state index >= 15 is 0 Å². The second kappa shape index (κ2) is 5.34. The van der Waals surface area contributed by atoms with Crippen LogP contribution in [-0.4, -0.2) is 18.2 Å². The third-order valence-corrected chi connectivity index (χ3v) is 3.29. The average Bonchev–Trinajstić information content (AvgIpc) is 2.37. The van der Waals surface area contributed by atoms with Gasteiger partial charge >= 0.3 is 0 Å². The van der Waals surface area contributed by atoms with E-state index in [1.165, 1.54) is 0 Å². The van der Waals surface area contributed by atoms with E-state index in [0.29, 0.717) is 30.9 Å². The highest BCUT2D eigenvalue weighted by atomic mass is 16.2. The molecule has 1 amide bonds. The van der Waals surface area contributed by atoms with Crippen LogP contribution in [-0.2, 0) is 4.79 Å². The molecule has 0 atom stereocenters. The lowest BCUT2D eigenvalue weighted by Gasteiger charge is -2.28. The molecule has 3 heteroatoms. The normalized spacial score (nSPS) is 14.8. The van der Waals surface area contributed by atoms with Gasteiger partial charge in [-0.05, 0) is 24.5 Å². The maximum absolute atomic E-state index is 12.2. The van der Waals surface area contributed by atoms with E-state index in [4.69, 9.17) is 0 Å². The number of anilines is 1. The first-order valence-electron chi connectivity index (χ1n) is 6.52. The van der Waals surface area contributed by atoms with Gasteiger partial charge in [0.25, 0.3) is 0 Å². The van der Waals surface area contributed by atoms with Gasteiger partial charge in [-0.3, -0.25) is 9.59 Å². The van der Waals surface area contributed by atoms with E-state index in [-0.39, 0.29) is 11.7 Å².